The summed E-state index contributed by atoms with van der Waals surface area (Å²) in [5.41, 5.74) is 0.0220. The van der Waals surface area contributed by atoms with E-state index in [9.17, 15) is 14.4 Å². The summed E-state index contributed by atoms with van der Waals surface area (Å²) in [5, 5.41) is 12.7. The quantitative estimate of drug-likeness (QED) is 0.525. The van der Waals surface area contributed by atoms with E-state index in [-0.39, 0.29) is 29.8 Å². The molecule has 10 heteroatoms. The molecular formula is C23H26N4O5S. The third-order valence-corrected chi connectivity index (χ3v) is 6.50. The molecule has 2 heterocycles. The van der Waals surface area contributed by atoms with Crippen LogP contribution >= 0.6 is 11.3 Å². The average Bonchev–Trinajstić information content (AvgIpc) is 3.24. The van der Waals surface area contributed by atoms with Crippen molar-refractivity contribution < 1.29 is 19.1 Å². The lowest BCUT2D eigenvalue weighted by atomic mass is 9.96. The molecule has 0 unspecified atom stereocenters. The Balaban J connectivity index is 1.75. The highest BCUT2D eigenvalue weighted by molar-refractivity contribution is 7.16. The highest BCUT2D eigenvalue weighted by Gasteiger charge is 2.24. The van der Waals surface area contributed by atoms with E-state index in [2.05, 4.69) is 15.7 Å². The number of amides is 2. The van der Waals surface area contributed by atoms with Gasteiger partial charge in [0.2, 0.25) is 0 Å². The zero-order valence-electron chi connectivity index (χ0n) is 18.6. The Morgan fingerprint density at radius 2 is 1.91 bits per heavy atom. The molecular weight excluding hydrogens is 444 g/mol. The van der Waals surface area contributed by atoms with Gasteiger partial charge in [0.25, 0.3) is 5.56 Å². The molecule has 0 radical (unpaired) electrons. The molecule has 2 N–H and O–H groups in total. The first-order chi connectivity index (χ1) is 16.0. The molecule has 1 saturated carbocycles. The number of rotatable bonds is 6. The number of hydrogen-bond acceptors (Lipinski definition) is 7. The lowest BCUT2D eigenvalue weighted by Crippen LogP contribution is -2.39. The van der Waals surface area contributed by atoms with Crippen LogP contribution in [0.2, 0.25) is 0 Å². The third-order valence-electron chi connectivity index (χ3n) is 5.61. The molecule has 2 aromatic heterocycles. The number of esters is 1. The SMILES string of the molecule is CCOC(=O)c1nn(-c2ccc(OC)cc2)c(=O)c2c(NC(=O)NC3CCCCC3)scc12. The Kier molecular flexibility index (Phi) is 6.93. The molecule has 1 aliphatic carbocycles. The van der Waals surface area contributed by atoms with Crippen molar-refractivity contribution in [3.05, 3.63) is 45.7 Å². The van der Waals surface area contributed by atoms with Crippen molar-refractivity contribution in [2.24, 2.45) is 0 Å². The molecule has 0 aliphatic heterocycles. The molecule has 4 rings (SSSR count). The van der Waals surface area contributed by atoms with Gasteiger partial charge in [-0.3, -0.25) is 10.1 Å². The van der Waals surface area contributed by atoms with Gasteiger partial charge in [-0.25, -0.2) is 9.59 Å². The summed E-state index contributed by atoms with van der Waals surface area (Å²) in [6, 6.07) is 6.49. The summed E-state index contributed by atoms with van der Waals surface area (Å²) in [7, 11) is 1.55. The van der Waals surface area contributed by atoms with Crippen molar-refractivity contribution in [2.75, 3.05) is 19.0 Å². The van der Waals surface area contributed by atoms with Gasteiger partial charge in [-0.2, -0.15) is 9.78 Å². The van der Waals surface area contributed by atoms with Crippen molar-refractivity contribution in [3.63, 3.8) is 0 Å². The number of carbonyl (C=O) groups is 2. The molecule has 0 spiro atoms. The number of fused-ring (bicyclic) bond motifs is 1. The number of ether oxygens (including phenoxy) is 2. The van der Waals surface area contributed by atoms with Gasteiger partial charge in [0.05, 0.1) is 24.8 Å². The number of anilines is 1. The predicted octanol–water partition coefficient (Wildman–Crippen LogP) is 4.09. The molecule has 33 heavy (non-hydrogen) atoms. The third kappa shape index (κ3) is 4.85. The Labute approximate surface area is 194 Å². The summed E-state index contributed by atoms with van der Waals surface area (Å²) in [5.74, 6) is -0.0171. The van der Waals surface area contributed by atoms with Crippen LogP contribution in [0.5, 0.6) is 5.75 Å². The van der Waals surface area contributed by atoms with Crippen LogP contribution in [-0.4, -0.2) is 41.5 Å². The van der Waals surface area contributed by atoms with Crippen molar-refractivity contribution in [3.8, 4) is 11.4 Å². The molecule has 1 fully saturated rings. The Bertz CT molecular complexity index is 1210. The fraction of sp³-hybridized carbons (Fsp3) is 0.391. The van der Waals surface area contributed by atoms with Crippen LogP contribution in [0, 0.1) is 0 Å². The van der Waals surface area contributed by atoms with Gasteiger partial charge >= 0.3 is 12.0 Å². The maximum atomic E-state index is 13.4. The van der Waals surface area contributed by atoms with Gasteiger partial charge in [0.1, 0.15) is 10.8 Å². The summed E-state index contributed by atoms with van der Waals surface area (Å²) in [6.07, 6.45) is 5.26. The van der Waals surface area contributed by atoms with E-state index >= 15 is 0 Å². The van der Waals surface area contributed by atoms with Crippen LogP contribution in [0.4, 0.5) is 9.80 Å². The first-order valence-corrected chi connectivity index (χ1v) is 11.8. The fourth-order valence-corrected chi connectivity index (χ4v) is 4.89. The number of benzene rings is 1. The van der Waals surface area contributed by atoms with Crippen LogP contribution in [0.25, 0.3) is 16.5 Å². The van der Waals surface area contributed by atoms with Gasteiger partial charge < -0.3 is 14.8 Å². The molecule has 9 nitrogen and oxygen atoms in total. The molecule has 0 atom stereocenters. The van der Waals surface area contributed by atoms with E-state index in [4.69, 9.17) is 9.47 Å². The second-order valence-electron chi connectivity index (χ2n) is 7.77. The van der Waals surface area contributed by atoms with Gasteiger partial charge in [-0.05, 0) is 44.0 Å². The Hall–Kier alpha value is -3.40. The van der Waals surface area contributed by atoms with Crippen molar-refractivity contribution in [1.82, 2.24) is 15.1 Å². The number of nitrogens with one attached hydrogen (secondary N) is 2. The van der Waals surface area contributed by atoms with Gasteiger partial charge in [-0.15, -0.1) is 11.3 Å². The highest BCUT2D eigenvalue weighted by Crippen LogP contribution is 2.31. The van der Waals surface area contributed by atoms with Crippen LogP contribution in [0.1, 0.15) is 49.5 Å². The maximum absolute atomic E-state index is 13.4. The number of hydrogen-bond donors (Lipinski definition) is 2. The lowest BCUT2D eigenvalue weighted by molar-refractivity contribution is 0.0520. The van der Waals surface area contributed by atoms with E-state index in [1.54, 1.807) is 43.7 Å². The summed E-state index contributed by atoms with van der Waals surface area (Å²) < 4.78 is 11.5. The molecule has 1 aliphatic rings. The summed E-state index contributed by atoms with van der Waals surface area (Å²) in [6.45, 7) is 1.87. The Morgan fingerprint density at radius 3 is 2.58 bits per heavy atom. The minimum Gasteiger partial charge on any atom is -0.497 e. The van der Waals surface area contributed by atoms with E-state index in [0.29, 0.717) is 21.8 Å². The molecule has 0 bridgehead atoms. The zero-order valence-corrected chi connectivity index (χ0v) is 19.4. The first-order valence-electron chi connectivity index (χ1n) is 11.0. The second-order valence-corrected chi connectivity index (χ2v) is 8.65. The number of aromatic nitrogens is 2. The minimum atomic E-state index is -0.638. The van der Waals surface area contributed by atoms with Crippen LogP contribution in [0.3, 0.4) is 0 Å². The monoisotopic (exact) mass is 470 g/mol. The van der Waals surface area contributed by atoms with E-state index in [1.807, 2.05) is 0 Å². The first kappa shape index (κ1) is 22.8. The number of methoxy groups -OCH3 is 1. The number of nitrogens with zero attached hydrogens (tertiary/aromatic N) is 2. The summed E-state index contributed by atoms with van der Waals surface area (Å²) in [4.78, 5) is 38.7. The van der Waals surface area contributed by atoms with Crippen LogP contribution in [0.15, 0.2) is 34.4 Å². The lowest BCUT2D eigenvalue weighted by Gasteiger charge is -2.22. The van der Waals surface area contributed by atoms with E-state index in [1.165, 1.54) is 17.8 Å². The number of carbonyl (C=O) groups excluding carboxylic acids is 2. The van der Waals surface area contributed by atoms with Crippen LogP contribution in [-0.2, 0) is 4.74 Å². The van der Waals surface area contributed by atoms with Gasteiger partial charge in [0, 0.05) is 16.8 Å². The van der Waals surface area contributed by atoms with Crippen molar-refractivity contribution in [1.29, 1.82) is 0 Å². The minimum absolute atomic E-state index is 0.0132. The molecule has 0 saturated heterocycles. The predicted molar refractivity (Wildman–Crippen MR) is 127 cm³/mol. The smallest absolute Gasteiger partial charge is 0.359 e. The normalized spacial score (nSPS) is 14.1. The Morgan fingerprint density at radius 1 is 1.18 bits per heavy atom. The second kappa shape index (κ2) is 10.0. The molecule has 174 valence electrons. The van der Waals surface area contributed by atoms with E-state index in [0.717, 1.165) is 30.4 Å². The maximum Gasteiger partial charge on any atom is 0.359 e. The van der Waals surface area contributed by atoms with Crippen molar-refractivity contribution >= 4 is 39.1 Å². The number of urea groups is 1. The average molecular weight is 471 g/mol. The number of thiophene rings is 1. The fourth-order valence-electron chi connectivity index (χ4n) is 3.96. The van der Waals surface area contributed by atoms with Gasteiger partial charge in [-0.1, -0.05) is 19.3 Å². The molecule has 1 aromatic carbocycles. The van der Waals surface area contributed by atoms with Gasteiger partial charge in [0.15, 0.2) is 5.69 Å². The molecule has 3 aromatic rings. The largest absolute Gasteiger partial charge is 0.497 e. The standard InChI is InChI=1S/C23H26N4O5S/c1-3-32-22(29)19-17-13-33-20(25-23(30)24-14-7-5-4-6-8-14)18(17)21(28)27(26-19)15-9-11-16(31-2)12-10-15/h9-14H,3-8H2,1-2H3,(H2,24,25,30). The van der Waals surface area contributed by atoms with Crippen LogP contribution < -0.4 is 20.9 Å². The topological polar surface area (TPSA) is 112 Å². The van der Waals surface area contributed by atoms with Crippen molar-refractivity contribution in [2.45, 2.75) is 45.1 Å². The molecule has 2 amide bonds. The summed E-state index contributed by atoms with van der Waals surface area (Å²) >= 11 is 1.17. The van der Waals surface area contributed by atoms with E-state index < -0.39 is 11.5 Å². The highest BCUT2D eigenvalue weighted by atomic mass is 32.1. The zero-order chi connectivity index (χ0) is 23.4.